The van der Waals surface area contributed by atoms with Crippen LogP contribution in [0.5, 0.6) is 0 Å². The molecule has 0 saturated carbocycles. The summed E-state index contributed by atoms with van der Waals surface area (Å²) in [6.07, 6.45) is 0. The van der Waals surface area contributed by atoms with Crippen LogP contribution in [-0.2, 0) is 0 Å². The van der Waals surface area contributed by atoms with Crippen molar-refractivity contribution in [3.05, 3.63) is 47.7 Å². The van der Waals surface area contributed by atoms with E-state index in [1.807, 2.05) is 48.2 Å². The number of aryl methyl sites for hydroxylation is 1. The number of hydrogen-bond donors (Lipinski definition) is 1. The Bertz CT molecular complexity index is 920. The van der Waals surface area contributed by atoms with Crippen LogP contribution < -0.4 is 5.32 Å². The quantitative estimate of drug-likeness (QED) is 0.779. The van der Waals surface area contributed by atoms with Crippen LogP contribution in [0.15, 0.2) is 40.9 Å². The van der Waals surface area contributed by atoms with Gasteiger partial charge in [-0.15, -0.1) is 0 Å². The van der Waals surface area contributed by atoms with E-state index < -0.39 is 0 Å². The van der Waals surface area contributed by atoms with Gasteiger partial charge in [-0.25, -0.2) is 4.98 Å². The second kappa shape index (κ2) is 6.29. The first-order valence-electron chi connectivity index (χ1n) is 8.49. The Balaban J connectivity index is 1.86. The van der Waals surface area contributed by atoms with Crippen LogP contribution in [0.1, 0.15) is 23.0 Å². The van der Waals surface area contributed by atoms with Crippen molar-refractivity contribution in [1.29, 1.82) is 0 Å². The number of nitrogens with zero attached hydrogens (tertiary/aromatic N) is 3. The summed E-state index contributed by atoms with van der Waals surface area (Å²) in [4.78, 5) is 19.7. The maximum absolute atomic E-state index is 13.3. The Morgan fingerprint density at radius 3 is 2.88 bits per heavy atom. The molecule has 6 nitrogen and oxygen atoms in total. The fraction of sp³-hybridized carbons (Fsp3) is 0.316. The number of carbonyl (C=O) groups is 1. The third kappa shape index (κ3) is 2.78. The Kier molecular flexibility index (Phi) is 3.97. The fourth-order valence-corrected chi connectivity index (χ4v) is 3.32. The fourth-order valence-electron chi connectivity index (χ4n) is 3.32. The molecule has 25 heavy (non-hydrogen) atoms. The lowest BCUT2D eigenvalue weighted by molar-refractivity contribution is 0.0657. The van der Waals surface area contributed by atoms with Gasteiger partial charge < -0.3 is 14.7 Å². The molecule has 0 aliphatic carbocycles. The minimum atomic E-state index is 0.00452. The third-order valence-corrected chi connectivity index (χ3v) is 4.68. The Labute approximate surface area is 145 Å². The zero-order chi connectivity index (χ0) is 17.4. The van der Waals surface area contributed by atoms with Gasteiger partial charge in [0.1, 0.15) is 0 Å². The number of rotatable bonds is 2. The summed E-state index contributed by atoms with van der Waals surface area (Å²) in [6.45, 7) is 6.19. The van der Waals surface area contributed by atoms with Gasteiger partial charge in [0.2, 0.25) is 0 Å². The van der Waals surface area contributed by atoms with Crippen molar-refractivity contribution in [1.82, 2.24) is 20.4 Å². The molecule has 1 aromatic carbocycles. The van der Waals surface area contributed by atoms with Gasteiger partial charge >= 0.3 is 0 Å². The molecule has 1 saturated heterocycles. The van der Waals surface area contributed by atoms with E-state index in [9.17, 15) is 4.79 Å². The van der Waals surface area contributed by atoms with Crippen LogP contribution >= 0.6 is 0 Å². The number of carbonyl (C=O) groups excluding carboxylic acids is 1. The lowest BCUT2D eigenvalue weighted by Crippen LogP contribution is -2.52. The van der Waals surface area contributed by atoms with Crippen molar-refractivity contribution in [2.45, 2.75) is 19.9 Å². The maximum Gasteiger partial charge on any atom is 0.259 e. The van der Waals surface area contributed by atoms with Crippen LogP contribution in [0.25, 0.3) is 22.4 Å². The number of piperazine rings is 1. The minimum Gasteiger partial charge on any atom is -0.335 e. The molecule has 0 bridgehead atoms. The summed E-state index contributed by atoms with van der Waals surface area (Å²) >= 11 is 0. The van der Waals surface area contributed by atoms with Crippen LogP contribution in [0.3, 0.4) is 0 Å². The monoisotopic (exact) mass is 336 g/mol. The van der Waals surface area contributed by atoms with E-state index >= 15 is 0 Å². The summed E-state index contributed by atoms with van der Waals surface area (Å²) in [7, 11) is 0. The van der Waals surface area contributed by atoms with E-state index in [-0.39, 0.29) is 11.9 Å². The molecule has 128 valence electrons. The topological polar surface area (TPSA) is 71.3 Å². The maximum atomic E-state index is 13.3. The zero-order valence-electron chi connectivity index (χ0n) is 14.3. The van der Waals surface area contributed by atoms with Crippen molar-refractivity contribution < 1.29 is 9.32 Å². The molecule has 1 N–H and O–H groups in total. The molecule has 0 spiro atoms. The third-order valence-electron chi connectivity index (χ3n) is 4.68. The molecule has 1 aliphatic rings. The lowest BCUT2D eigenvalue weighted by atomic mass is 10.0. The van der Waals surface area contributed by atoms with Crippen molar-refractivity contribution in [3.63, 3.8) is 0 Å². The van der Waals surface area contributed by atoms with Crippen LogP contribution in [-0.4, -0.2) is 46.6 Å². The Morgan fingerprint density at radius 2 is 2.12 bits per heavy atom. The van der Waals surface area contributed by atoms with E-state index in [0.717, 1.165) is 24.3 Å². The molecule has 1 amide bonds. The highest BCUT2D eigenvalue weighted by Gasteiger charge is 2.27. The van der Waals surface area contributed by atoms with Gasteiger partial charge in [0, 0.05) is 31.2 Å². The van der Waals surface area contributed by atoms with Gasteiger partial charge in [0.25, 0.3) is 11.6 Å². The second-order valence-electron chi connectivity index (χ2n) is 6.42. The summed E-state index contributed by atoms with van der Waals surface area (Å²) in [5, 5.41) is 8.04. The standard InChI is InChI=1S/C19H20N4O2/c1-12-11-20-8-9-23(12)19(24)15-10-16(14-6-4-3-5-7-14)21-18-17(15)13(2)22-25-18/h3-7,10,12,20H,8-9,11H2,1-2H3/t12-/m0/s1. The molecule has 6 heteroatoms. The smallest absolute Gasteiger partial charge is 0.259 e. The van der Waals surface area contributed by atoms with Crippen LogP contribution in [0, 0.1) is 6.92 Å². The van der Waals surface area contributed by atoms with Crippen molar-refractivity contribution in [3.8, 4) is 11.3 Å². The first kappa shape index (κ1) is 15.8. The molecular weight excluding hydrogens is 316 g/mol. The van der Waals surface area contributed by atoms with Crippen molar-refractivity contribution in [2.24, 2.45) is 0 Å². The average Bonchev–Trinajstić information content (AvgIpc) is 3.03. The van der Waals surface area contributed by atoms with Gasteiger partial charge in [-0.1, -0.05) is 35.5 Å². The predicted octanol–water partition coefficient (Wildman–Crippen LogP) is 2.63. The number of aromatic nitrogens is 2. The van der Waals surface area contributed by atoms with E-state index in [4.69, 9.17) is 4.52 Å². The number of nitrogens with one attached hydrogen (secondary N) is 1. The van der Waals surface area contributed by atoms with Crippen LogP contribution in [0.2, 0.25) is 0 Å². The molecule has 1 aliphatic heterocycles. The van der Waals surface area contributed by atoms with Gasteiger partial charge in [-0.3, -0.25) is 4.79 Å². The first-order valence-corrected chi connectivity index (χ1v) is 8.49. The van der Waals surface area contributed by atoms with E-state index in [1.54, 1.807) is 0 Å². The Morgan fingerprint density at radius 1 is 1.32 bits per heavy atom. The molecule has 2 aromatic heterocycles. The Hall–Kier alpha value is -2.73. The number of pyridine rings is 1. The molecular formula is C19H20N4O2. The highest BCUT2D eigenvalue weighted by atomic mass is 16.5. The van der Waals surface area contributed by atoms with E-state index in [1.165, 1.54) is 0 Å². The predicted molar refractivity (Wildman–Crippen MR) is 95.3 cm³/mol. The van der Waals surface area contributed by atoms with Gasteiger partial charge in [0.05, 0.1) is 22.3 Å². The molecule has 1 fully saturated rings. The molecule has 0 unspecified atom stereocenters. The van der Waals surface area contributed by atoms with Crippen molar-refractivity contribution >= 4 is 17.0 Å². The number of amides is 1. The number of fused-ring (bicyclic) bond motifs is 1. The summed E-state index contributed by atoms with van der Waals surface area (Å²) < 4.78 is 5.37. The van der Waals surface area contributed by atoms with E-state index in [2.05, 4.69) is 22.4 Å². The number of hydrogen-bond acceptors (Lipinski definition) is 5. The van der Waals surface area contributed by atoms with Gasteiger partial charge in [-0.2, -0.15) is 0 Å². The SMILES string of the molecule is Cc1noc2nc(-c3ccccc3)cc(C(=O)N3CCNC[C@@H]3C)c12. The molecule has 4 rings (SSSR count). The second-order valence-corrected chi connectivity index (χ2v) is 6.42. The van der Waals surface area contributed by atoms with Gasteiger partial charge in [0.15, 0.2) is 0 Å². The molecule has 1 atom stereocenters. The minimum absolute atomic E-state index is 0.00452. The first-order chi connectivity index (χ1) is 12.1. The zero-order valence-corrected chi connectivity index (χ0v) is 14.3. The van der Waals surface area contributed by atoms with Crippen molar-refractivity contribution in [2.75, 3.05) is 19.6 Å². The largest absolute Gasteiger partial charge is 0.335 e. The van der Waals surface area contributed by atoms with E-state index in [0.29, 0.717) is 28.9 Å². The number of benzene rings is 1. The summed E-state index contributed by atoms with van der Waals surface area (Å²) in [6, 6.07) is 11.8. The van der Waals surface area contributed by atoms with Crippen LogP contribution in [0.4, 0.5) is 0 Å². The summed E-state index contributed by atoms with van der Waals surface area (Å²) in [5.41, 5.74) is 3.37. The lowest BCUT2D eigenvalue weighted by Gasteiger charge is -2.34. The average molecular weight is 336 g/mol. The van der Waals surface area contributed by atoms with Gasteiger partial charge in [-0.05, 0) is 19.9 Å². The highest BCUT2D eigenvalue weighted by Crippen LogP contribution is 2.28. The molecule has 0 radical (unpaired) electrons. The molecule has 3 aromatic rings. The highest BCUT2D eigenvalue weighted by molar-refractivity contribution is 6.07. The normalized spacial score (nSPS) is 17.8. The summed E-state index contributed by atoms with van der Waals surface area (Å²) in [5.74, 6) is 0.00452. The molecule has 3 heterocycles.